The summed E-state index contributed by atoms with van der Waals surface area (Å²) in [6, 6.07) is 12.5. The molecule has 138 valence electrons. The third kappa shape index (κ3) is 6.00. The van der Waals surface area contributed by atoms with Gasteiger partial charge in [0.2, 0.25) is 0 Å². The van der Waals surface area contributed by atoms with Gasteiger partial charge >= 0.3 is 0 Å². The highest BCUT2D eigenvalue weighted by Gasteiger charge is 2.10. The minimum atomic E-state index is -0.388. The molecule has 0 bridgehead atoms. The molecule has 0 aliphatic heterocycles. The van der Waals surface area contributed by atoms with Crippen LogP contribution >= 0.6 is 28.1 Å². The number of anilines is 1. The molecule has 26 heavy (non-hydrogen) atoms. The Kier molecular flexibility index (Phi) is 7.41. The Hall–Kier alpha value is -2.12. The first-order valence-electron chi connectivity index (χ1n) is 8.21. The molecule has 0 aliphatic carbocycles. The second kappa shape index (κ2) is 9.54. The first-order chi connectivity index (χ1) is 12.4. The molecule has 0 unspecified atom stereocenters. The first kappa shape index (κ1) is 20.2. The van der Waals surface area contributed by atoms with Gasteiger partial charge in [-0.15, -0.1) is 0 Å². The zero-order valence-electron chi connectivity index (χ0n) is 14.6. The van der Waals surface area contributed by atoms with Crippen molar-refractivity contribution in [1.82, 2.24) is 5.32 Å². The third-order valence-electron chi connectivity index (χ3n) is 3.89. The predicted octanol–water partition coefficient (Wildman–Crippen LogP) is 4.56. The highest BCUT2D eigenvalue weighted by molar-refractivity contribution is 9.10. The SMILES string of the molecule is CC[C@@H](C)c1ccc(NC(=S)NC(=O)COc2ccc(Br)cc2)c(O)c1. The smallest absolute Gasteiger partial charge is 0.264 e. The van der Waals surface area contributed by atoms with Crippen LogP contribution < -0.4 is 15.4 Å². The summed E-state index contributed by atoms with van der Waals surface area (Å²) in [5, 5.41) is 15.6. The van der Waals surface area contributed by atoms with E-state index in [0.717, 1.165) is 16.5 Å². The van der Waals surface area contributed by atoms with E-state index in [4.69, 9.17) is 17.0 Å². The number of benzene rings is 2. The number of phenolic OH excluding ortho intramolecular Hbond substituents is 1. The van der Waals surface area contributed by atoms with Crippen molar-refractivity contribution < 1.29 is 14.6 Å². The molecule has 2 aromatic rings. The van der Waals surface area contributed by atoms with Crippen LogP contribution in [0.1, 0.15) is 31.7 Å². The summed E-state index contributed by atoms with van der Waals surface area (Å²) in [6.07, 6.45) is 0.985. The number of phenols is 1. The number of halogens is 1. The Balaban J connectivity index is 1.85. The number of thiocarbonyl (C=S) groups is 1. The zero-order valence-corrected chi connectivity index (χ0v) is 17.0. The lowest BCUT2D eigenvalue weighted by Crippen LogP contribution is -2.37. The van der Waals surface area contributed by atoms with Gasteiger partial charge in [-0.1, -0.05) is 35.8 Å². The highest BCUT2D eigenvalue weighted by Crippen LogP contribution is 2.29. The van der Waals surface area contributed by atoms with Crippen LogP contribution in [0.3, 0.4) is 0 Å². The van der Waals surface area contributed by atoms with Crippen molar-refractivity contribution in [2.45, 2.75) is 26.2 Å². The van der Waals surface area contributed by atoms with Crippen molar-refractivity contribution in [3.05, 3.63) is 52.5 Å². The van der Waals surface area contributed by atoms with Gasteiger partial charge in [0.1, 0.15) is 11.5 Å². The molecule has 3 N–H and O–H groups in total. The fourth-order valence-electron chi connectivity index (χ4n) is 2.19. The van der Waals surface area contributed by atoms with Gasteiger partial charge in [0.25, 0.3) is 5.91 Å². The number of nitrogens with one attached hydrogen (secondary N) is 2. The fraction of sp³-hybridized carbons (Fsp3) is 0.263. The summed E-state index contributed by atoms with van der Waals surface area (Å²) in [6.45, 7) is 4.02. The standard InChI is InChI=1S/C19H21BrN2O3S/c1-3-12(2)13-4-9-16(17(23)10-13)21-19(26)22-18(24)11-25-15-7-5-14(20)6-8-15/h4-10,12,23H,3,11H2,1-2H3,(H2,21,22,24,26)/t12-/m1/s1. The Morgan fingerprint density at radius 2 is 1.96 bits per heavy atom. The van der Waals surface area contributed by atoms with Crippen LogP contribution in [0.5, 0.6) is 11.5 Å². The average molecular weight is 437 g/mol. The second-order valence-electron chi connectivity index (χ2n) is 5.83. The molecule has 1 atom stereocenters. The molecule has 0 fully saturated rings. The van der Waals surface area contributed by atoms with Crippen LogP contribution in [0, 0.1) is 0 Å². The lowest BCUT2D eigenvalue weighted by Gasteiger charge is -2.14. The van der Waals surface area contributed by atoms with Gasteiger partial charge in [-0.25, -0.2) is 0 Å². The molecular formula is C19H21BrN2O3S. The average Bonchev–Trinajstić information content (AvgIpc) is 2.62. The van der Waals surface area contributed by atoms with Gasteiger partial charge in [-0.05, 0) is 66.5 Å². The Labute approximate surface area is 166 Å². The first-order valence-corrected chi connectivity index (χ1v) is 9.41. The fourth-order valence-corrected chi connectivity index (χ4v) is 2.68. The van der Waals surface area contributed by atoms with Crippen LogP contribution in [0.2, 0.25) is 0 Å². The van der Waals surface area contributed by atoms with Crippen molar-refractivity contribution in [1.29, 1.82) is 0 Å². The molecule has 7 heteroatoms. The predicted molar refractivity (Wildman–Crippen MR) is 111 cm³/mol. The van der Waals surface area contributed by atoms with E-state index in [9.17, 15) is 9.90 Å². The number of hydrogen-bond donors (Lipinski definition) is 3. The monoisotopic (exact) mass is 436 g/mol. The van der Waals surface area contributed by atoms with Gasteiger partial charge in [-0.2, -0.15) is 0 Å². The van der Waals surface area contributed by atoms with E-state index < -0.39 is 0 Å². The highest BCUT2D eigenvalue weighted by atomic mass is 79.9. The van der Waals surface area contributed by atoms with Crippen molar-refractivity contribution in [3.8, 4) is 11.5 Å². The third-order valence-corrected chi connectivity index (χ3v) is 4.62. The number of rotatable bonds is 6. The maximum Gasteiger partial charge on any atom is 0.264 e. The minimum absolute atomic E-state index is 0.0884. The van der Waals surface area contributed by atoms with Crippen LogP contribution in [0.15, 0.2) is 46.9 Å². The van der Waals surface area contributed by atoms with Crippen LogP contribution in [0.4, 0.5) is 5.69 Å². The van der Waals surface area contributed by atoms with Gasteiger partial charge in [-0.3, -0.25) is 10.1 Å². The number of hydrogen-bond acceptors (Lipinski definition) is 4. The number of aromatic hydroxyl groups is 1. The van der Waals surface area contributed by atoms with E-state index in [0.29, 0.717) is 17.4 Å². The van der Waals surface area contributed by atoms with Crippen molar-refractivity contribution in [3.63, 3.8) is 0 Å². The van der Waals surface area contributed by atoms with E-state index in [1.54, 1.807) is 24.3 Å². The quantitative estimate of drug-likeness (QED) is 0.457. The summed E-state index contributed by atoms with van der Waals surface area (Å²) in [5.41, 5.74) is 1.49. The van der Waals surface area contributed by atoms with E-state index in [-0.39, 0.29) is 23.4 Å². The zero-order chi connectivity index (χ0) is 19.1. The van der Waals surface area contributed by atoms with Crippen molar-refractivity contribution in [2.24, 2.45) is 0 Å². The van der Waals surface area contributed by atoms with Crippen LogP contribution in [0.25, 0.3) is 0 Å². The Bertz CT molecular complexity index is 781. The molecule has 2 rings (SSSR count). The molecule has 1 amide bonds. The van der Waals surface area contributed by atoms with E-state index in [1.165, 1.54) is 0 Å². The topological polar surface area (TPSA) is 70.6 Å². The lowest BCUT2D eigenvalue weighted by molar-refractivity contribution is -0.121. The molecule has 0 spiro atoms. The largest absolute Gasteiger partial charge is 0.506 e. The van der Waals surface area contributed by atoms with E-state index in [1.807, 2.05) is 18.2 Å². The molecule has 5 nitrogen and oxygen atoms in total. The molecule has 0 radical (unpaired) electrons. The van der Waals surface area contributed by atoms with Gasteiger partial charge in [0, 0.05) is 4.47 Å². The van der Waals surface area contributed by atoms with Crippen molar-refractivity contribution >= 4 is 44.9 Å². The van der Waals surface area contributed by atoms with Crippen LogP contribution in [-0.2, 0) is 4.79 Å². The minimum Gasteiger partial charge on any atom is -0.506 e. The Morgan fingerprint density at radius 1 is 1.27 bits per heavy atom. The normalized spacial score (nSPS) is 11.5. The number of carbonyl (C=O) groups excluding carboxylic acids is 1. The lowest BCUT2D eigenvalue weighted by atomic mass is 9.98. The van der Waals surface area contributed by atoms with Gasteiger partial charge in [0.15, 0.2) is 11.7 Å². The molecule has 2 aromatic carbocycles. The summed E-state index contributed by atoms with van der Waals surface area (Å²) < 4.78 is 6.31. The van der Waals surface area contributed by atoms with Crippen LogP contribution in [-0.4, -0.2) is 22.7 Å². The van der Waals surface area contributed by atoms with E-state index in [2.05, 4.69) is 40.4 Å². The second-order valence-corrected chi connectivity index (χ2v) is 7.15. The number of ether oxygens (including phenoxy) is 1. The Morgan fingerprint density at radius 3 is 2.58 bits per heavy atom. The molecule has 0 heterocycles. The molecule has 0 saturated heterocycles. The summed E-state index contributed by atoms with van der Waals surface area (Å²) in [4.78, 5) is 11.9. The maximum atomic E-state index is 11.9. The molecule has 0 saturated carbocycles. The van der Waals surface area contributed by atoms with E-state index >= 15 is 0 Å². The van der Waals surface area contributed by atoms with Gasteiger partial charge < -0.3 is 15.2 Å². The summed E-state index contributed by atoms with van der Waals surface area (Å²) in [7, 11) is 0. The summed E-state index contributed by atoms with van der Waals surface area (Å²) in [5.74, 6) is 0.643. The maximum absolute atomic E-state index is 11.9. The number of amides is 1. The van der Waals surface area contributed by atoms with Crippen molar-refractivity contribution in [2.75, 3.05) is 11.9 Å². The molecule has 0 aliphatic rings. The molecule has 0 aromatic heterocycles. The van der Waals surface area contributed by atoms with Gasteiger partial charge in [0.05, 0.1) is 5.69 Å². The summed E-state index contributed by atoms with van der Waals surface area (Å²) >= 11 is 8.44. The molecular weight excluding hydrogens is 416 g/mol. The number of carbonyl (C=O) groups is 1.